The predicted molar refractivity (Wildman–Crippen MR) is 120 cm³/mol. The van der Waals surface area contributed by atoms with E-state index in [-0.39, 0.29) is 36.3 Å². The first-order valence-corrected chi connectivity index (χ1v) is 9.11. The van der Waals surface area contributed by atoms with E-state index < -0.39 is 11.7 Å². The number of pyridine rings is 1. The third-order valence-corrected chi connectivity index (χ3v) is 4.06. The van der Waals surface area contributed by atoms with Gasteiger partial charge in [-0.25, -0.2) is 4.98 Å². The van der Waals surface area contributed by atoms with Crippen LogP contribution >= 0.6 is 24.0 Å². The van der Waals surface area contributed by atoms with Crippen LogP contribution in [0.15, 0.2) is 41.5 Å². The Hall–Kier alpha value is -2.44. The van der Waals surface area contributed by atoms with Gasteiger partial charge in [0.25, 0.3) is 0 Å². The van der Waals surface area contributed by atoms with Crippen molar-refractivity contribution in [3.63, 3.8) is 0 Å². The molecule has 0 bridgehead atoms. The van der Waals surface area contributed by atoms with Crippen LogP contribution in [0.25, 0.3) is 0 Å². The minimum atomic E-state index is -4.46. The minimum Gasteiger partial charge on any atom is -0.490 e. The number of anilines is 2. The molecule has 0 saturated heterocycles. The predicted octanol–water partition coefficient (Wildman–Crippen LogP) is 3.98. The van der Waals surface area contributed by atoms with Crippen molar-refractivity contribution in [2.75, 3.05) is 44.0 Å². The summed E-state index contributed by atoms with van der Waals surface area (Å²) in [5.41, 5.74) is -0.0471. The minimum absolute atomic E-state index is 0. The summed E-state index contributed by atoms with van der Waals surface area (Å²) in [6.45, 7) is 1.75. The monoisotopic (exact) mass is 537 g/mol. The van der Waals surface area contributed by atoms with E-state index in [0.29, 0.717) is 37.2 Å². The molecule has 1 aromatic heterocycles. The Balaban J connectivity index is 0.00000320. The Morgan fingerprint density at radius 1 is 1.13 bits per heavy atom. The van der Waals surface area contributed by atoms with E-state index in [1.165, 1.54) is 12.3 Å². The van der Waals surface area contributed by atoms with Gasteiger partial charge in [0.2, 0.25) is 0 Å². The molecule has 3 N–H and O–H groups in total. The highest BCUT2D eigenvalue weighted by Crippen LogP contribution is 2.33. The van der Waals surface area contributed by atoms with Crippen molar-refractivity contribution in [2.45, 2.75) is 12.6 Å². The number of alkyl halides is 3. The van der Waals surface area contributed by atoms with Crippen molar-refractivity contribution in [3.05, 3.63) is 42.1 Å². The summed E-state index contributed by atoms with van der Waals surface area (Å²) in [4.78, 5) is 7.88. The number of guanidine groups is 1. The Bertz CT molecular complexity index is 864. The molecular weight excluding hydrogens is 514 g/mol. The van der Waals surface area contributed by atoms with E-state index in [2.05, 4.69) is 25.9 Å². The number of aromatic nitrogens is 1. The van der Waals surface area contributed by atoms with Gasteiger partial charge < -0.3 is 25.4 Å². The normalized spacial score (nSPS) is 13.7. The zero-order chi connectivity index (χ0) is 20.7. The molecule has 1 aliphatic heterocycles. The Labute approximate surface area is 189 Å². The molecule has 7 nitrogen and oxygen atoms in total. The van der Waals surface area contributed by atoms with E-state index in [9.17, 15) is 13.2 Å². The second-order valence-electron chi connectivity index (χ2n) is 6.16. The molecule has 2 heterocycles. The van der Waals surface area contributed by atoms with Crippen molar-refractivity contribution in [1.29, 1.82) is 0 Å². The Morgan fingerprint density at radius 2 is 1.90 bits per heavy atom. The summed E-state index contributed by atoms with van der Waals surface area (Å²) < 4.78 is 50.2. The van der Waals surface area contributed by atoms with E-state index in [4.69, 9.17) is 9.47 Å². The molecule has 11 heteroatoms. The van der Waals surface area contributed by atoms with Crippen molar-refractivity contribution in [2.24, 2.45) is 4.99 Å². The van der Waals surface area contributed by atoms with Crippen LogP contribution in [0.2, 0.25) is 0 Å². The highest BCUT2D eigenvalue weighted by atomic mass is 127. The molecule has 0 aliphatic carbocycles. The summed E-state index contributed by atoms with van der Waals surface area (Å²) in [6.07, 6.45) is -2.33. The van der Waals surface area contributed by atoms with Gasteiger partial charge in [-0.15, -0.1) is 24.0 Å². The fourth-order valence-corrected chi connectivity index (χ4v) is 2.69. The highest BCUT2D eigenvalue weighted by Gasteiger charge is 2.33. The number of aliphatic imine (C=N–C) groups is 1. The molecule has 2 aromatic rings. The quantitative estimate of drug-likeness (QED) is 0.232. The fourth-order valence-electron chi connectivity index (χ4n) is 2.69. The van der Waals surface area contributed by atoms with Crippen LogP contribution in [0.4, 0.5) is 24.7 Å². The number of ether oxygens (including phenoxy) is 2. The van der Waals surface area contributed by atoms with Gasteiger partial charge in [-0.3, -0.25) is 4.99 Å². The molecule has 0 unspecified atom stereocenters. The average molecular weight is 537 g/mol. The topological polar surface area (TPSA) is 79.8 Å². The molecule has 0 saturated carbocycles. The number of hydrogen-bond donors (Lipinski definition) is 3. The third-order valence-electron chi connectivity index (χ3n) is 4.06. The first kappa shape index (κ1) is 23.8. The van der Waals surface area contributed by atoms with Gasteiger partial charge in [-0.05, 0) is 24.3 Å². The van der Waals surface area contributed by atoms with E-state index in [1.807, 2.05) is 18.2 Å². The summed E-state index contributed by atoms with van der Waals surface area (Å²) in [7, 11) is 1.60. The summed E-state index contributed by atoms with van der Waals surface area (Å²) in [5, 5.41) is 8.85. The van der Waals surface area contributed by atoms with Crippen LogP contribution in [0, 0.1) is 0 Å². The molecule has 0 spiro atoms. The largest absolute Gasteiger partial charge is 0.490 e. The van der Waals surface area contributed by atoms with Gasteiger partial charge in [0, 0.05) is 44.5 Å². The van der Waals surface area contributed by atoms with Crippen LogP contribution in [0.3, 0.4) is 0 Å². The van der Waals surface area contributed by atoms with Gasteiger partial charge in [0.15, 0.2) is 17.5 Å². The molecule has 0 amide bonds. The zero-order valence-electron chi connectivity index (χ0n) is 16.3. The van der Waals surface area contributed by atoms with Crippen molar-refractivity contribution in [1.82, 2.24) is 10.3 Å². The molecule has 1 aromatic carbocycles. The van der Waals surface area contributed by atoms with Gasteiger partial charge >= 0.3 is 6.18 Å². The average Bonchev–Trinajstić information content (AvgIpc) is 2.94. The molecule has 0 radical (unpaired) electrons. The molecule has 30 heavy (non-hydrogen) atoms. The fraction of sp³-hybridized carbons (Fsp3) is 0.368. The van der Waals surface area contributed by atoms with Crippen LogP contribution in [0.5, 0.6) is 11.5 Å². The maximum absolute atomic E-state index is 13.0. The molecule has 0 atom stereocenters. The van der Waals surface area contributed by atoms with Crippen LogP contribution in [-0.4, -0.2) is 44.3 Å². The number of nitrogens with zero attached hydrogens (tertiary/aromatic N) is 2. The molecule has 3 rings (SSSR count). The van der Waals surface area contributed by atoms with Crippen LogP contribution < -0.4 is 25.4 Å². The first-order valence-electron chi connectivity index (χ1n) is 9.11. The lowest BCUT2D eigenvalue weighted by molar-refractivity contribution is -0.137. The van der Waals surface area contributed by atoms with Gasteiger partial charge in [0.05, 0.1) is 18.8 Å². The Morgan fingerprint density at radius 3 is 2.63 bits per heavy atom. The van der Waals surface area contributed by atoms with E-state index in [0.717, 1.165) is 18.2 Å². The lowest BCUT2D eigenvalue weighted by Crippen LogP contribution is -2.34. The third kappa shape index (κ3) is 6.54. The smallest absolute Gasteiger partial charge is 0.419 e. The van der Waals surface area contributed by atoms with Crippen LogP contribution in [-0.2, 0) is 6.18 Å². The summed E-state index contributed by atoms with van der Waals surface area (Å²) in [6, 6.07) is 7.72. The number of benzene rings is 1. The molecule has 1 aliphatic rings. The number of fused-ring (bicyclic) bond motifs is 1. The van der Waals surface area contributed by atoms with Gasteiger partial charge in [-0.1, -0.05) is 0 Å². The van der Waals surface area contributed by atoms with Crippen molar-refractivity contribution in [3.8, 4) is 11.5 Å². The maximum Gasteiger partial charge on any atom is 0.419 e. The lowest BCUT2D eigenvalue weighted by atomic mass is 10.2. The number of halogens is 4. The molecule has 0 fully saturated rings. The van der Waals surface area contributed by atoms with Crippen molar-refractivity contribution < 1.29 is 22.6 Å². The number of hydrogen-bond acceptors (Lipinski definition) is 5. The van der Waals surface area contributed by atoms with Crippen molar-refractivity contribution >= 4 is 41.4 Å². The highest BCUT2D eigenvalue weighted by molar-refractivity contribution is 14.0. The Kier molecular flexibility index (Phi) is 8.81. The second-order valence-corrected chi connectivity index (χ2v) is 6.16. The van der Waals surface area contributed by atoms with Crippen LogP contribution in [0.1, 0.15) is 12.0 Å². The molecule has 164 valence electrons. The van der Waals surface area contributed by atoms with E-state index >= 15 is 0 Å². The van der Waals surface area contributed by atoms with Gasteiger partial charge in [0.1, 0.15) is 5.82 Å². The van der Waals surface area contributed by atoms with E-state index in [1.54, 1.807) is 7.05 Å². The number of nitrogens with one attached hydrogen (secondary N) is 3. The lowest BCUT2D eigenvalue weighted by Gasteiger charge is -2.15. The summed E-state index contributed by atoms with van der Waals surface area (Å²) in [5.74, 6) is 1.61. The summed E-state index contributed by atoms with van der Waals surface area (Å²) >= 11 is 0. The molecular formula is C19H23F3IN5O2. The SMILES string of the molecule is CN=C(NCCNc1ncccc1C(F)(F)F)Nc1ccc2c(c1)OCCCO2.I. The maximum atomic E-state index is 13.0. The van der Waals surface area contributed by atoms with Gasteiger partial charge in [-0.2, -0.15) is 13.2 Å². The number of rotatable bonds is 5. The second kappa shape index (κ2) is 11.1. The zero-order valence-corrected chi connectivity index (χ0v) is 18.6. The first-order chi connectivity index (χ1) is 14.0. The standard InChI is InChI=1S/C19H22F3N5O2.HI/c1-23-18(27-13-5-6-15-16(12-13)29-11-3-10-28-15)26-9-8-25-17-14(19(20,21)22)4-2-7-24-17;/h2,4-7,12H,3,8-11H2,1H3,(H,24,25)(H2,23,26,27);1H.